The first-order chi connectivity index (χ1) is 8.28. The molecule has 0 aliphatic rings. The summed E-state index contributed by atoms with van der Waals surface area (Å²) in [6.45, 7) is 8.07. The standard InChI is InChI=1S/C14H25N3O/c1-14(2,3)15-12-7-8-13(18)17(11-12)10-6-9-16(4)5/h7-8,11,15H,6,9-10H2,1-5H3. The SMILES string of the molecule is CN(C)CCCn1cc(NC(C)(C)C)ccc1=O. The number of hydrogen-bond donors (Lipinski definition) is 1. The van der Waals surface area contributed by atoms with Gasteiger partial charge in [-0.2, -0.15) is 0 Å². The second-order valence-corrected chi connectivity index (χ2v) is 5.98. The number of aromatic nitrogens is 1. The minimum Gasteiger partial charge on any atom is -0.379 e. The molecule has 0 atom stereocenters. The predicted molar refractivity (Wildman–Crippen MR) is 77.2 cm³/mol. The fourth-order valence-electron chi connectivity index (χ4n) is 1.77. The summed E-state index contributed by atoms with van der Waals surface area (Å²) < 4.78 is 1.78. The van der Waals surface area contributed by atoms with Gasteiger partial charge in [0.1, 0.15) is 0 Å². The highest BCUT2D eigenvalue weighted by Gasteiger charge is 2.09. The number of anilines is 1. The third-order valence-corrected chi connectivity index (χ3v) is 2.51. The predicted octanol–water partition coefficient (Wildman–Crippen LogP) is 2.01. The Labute approximate surface area is 110 Å². The first-order valence-corrected chi connectivity index (χ1v) is 6.41. The molecular weight excluding hydrogens is 226 g/mol. The normalized spacial score (nSPS) is 11.9. The first-order valence-electron chi connectivity index (χ1n) is 6.41. The van der Waals surface area contributed by atoms with E-state index in [9.17, 15) is 4.79 Å². The molecule has 0 radical (unpaired) electrons. The zero-order valence-electron chi connectivity index (χ0n) is 12.2. The average molecular weight is 251 g/mol. The Morgan fingerprint density at radius 3 is 2.50 bits per heavy atom. The Bertz CT molecular complexity index is 429. The van der Waals surface area contributed by atoms with E-state index >= 15 is 0 Å². The fourth-order valence-corrected chi connectivity index (χ4v) is 1.77. The molecule has 0 aromatic carbocycles. The van der Waals surface area contributed by atoms with E-state index in [0.29, 0.717) is 0 Å². The minimum atomic E-state index is 0.00582. The topological polar surface area (TPSA) is 37.3 Å². The molecule has 0 bridgehead atoms. The Balaban J connectivity index is 2.72. The molecule has 0 saturated carbocycles. The molecule has 0 saturated heterocycles. The number of nitrogens with zero attached hydrogens (tertiary/aromatic N) is 2. The molecule has 0 fully saturated rings. The second-order valence-electron chi connectivity index (χ2n) is 5.98. The van der Waals surface area contributed by atoms with Crippen molar-refractivity contribution in [1.82, 2.24) is 9.47 Å². The summed E-state index contributed by atoms with van der Waals surface area (Å²) in [4.78, 5) is 13.9. The highest BCUT2D eigenvalue weighted by atomic mass is 16.1. The van der Waals surface area contributed by atoms with E-state index in [4.69, 9.17) is 0 Å². The fraction of sp³-hybridized carbons (Fsp3) is 0.643. The van der Waals surface area contributed by atoms with Crippen LogP contribution in [-0.4, -0.2) is 35.6 Å². The van der Waals surface area contributed by atoms with Crippen LogP contribution in [0.25, 0.3) is 0 Å². The van der Waals surface area contributed by atoms with Gasteiger partial charge in [-0.25, -0.2) is 0 Å². The maximum atomic E-state index is 11.7. The van der Waals surface area contributed by atoms with Crippen LogP contribution < -0.4 is 10.9 Å². The van der Waals surface area contributed by atoms with Crippen molar-refractivity contribution < 1.29 is 0 Å². The summed E-state index contributed by atoms with van der Waals surface area (Å²) in [6.07, 6.45) is 2.88. The van der Waals surface area contributed by atoms with E-state index in [-0.39, 0.29) is 11.1 Å². The maximum absolute atomic E-state index is 11.7. The lowest BCUT2D eigenvalue weighted by atomic mass is 10.1. The second kappa shape index (κ2) is 6.05. The van der Waals surface area contributed by atoms with E-state index in [0.717, 1.165) is 25.2 Å². The molecule has 1 rings (SSSR count). The number of rotatable bonds is 5. The van der Waals surface area contributed by atoms with Crippen LogP contribution in [0.4, 0.5) is 5.69 Å². The van der Waals surface area contributed by atoms with Crippen LogP contribution in [0.2, 0.25) is 0 Å². The quantitative estimate of drug-likeness (QED) is 0.870. The van der Waals surface area contributed by atoms with Gasteiger partial charge in [0.2, 0.25) is 0 Å². The van der Waals surface area contributed by atoms with Gasteiger partial charge in [-0.05, 0) is 53.9 Å². The van der Waals surface area contributed by atoms with Gasteiger partial charge in [0.25, 0.3) is 5.56 Å². The largest absolute Gasteiger partial charge is 0.379 e. The van der Waals surface area contributed by atoms with Crippen LogP contribution in [0, 0.1) is 0 Å². The smallest absolute Gasteiger partial charge is 0.250 e. The third kappa shape index (κ3) is 5.36. The number of nitrogens with one attached hydrogen (secondary N) is 1. The lowest BCUT2D eigenvalue weighted by Gasteiger charge is -2.22. The van der Waals surface area contributed by atoms with Crippen LogP contribution in [0.15, 0.2) is 23.1 Å². The van der Waals surface area contributed by atoms with Gasteiger partial charge < -0.3 is 14.8 Å². The minimum absolute atomic E-state index is 0.00582. The molecule has 4 nitrogen and oxygen atoms in total. The summed E-state index contributed by atoms with van der Waals surface area (Å²) in [5, 5.41) is 3.38. The van der Waals surface area contributed by atoms with E-state index in [1.165, 1.54) is 0 Å². The monoisotopic (exact) mass is 251 g/mol. The molecule has 1 aromatic heterocycles. The van der Waals surface area contributed by atoms with E-state index in [2.05, 4.69) is 31.0 Å². The highest BCUT2D eigenvalue weighted by molar-refractivity contribution is 5.42. The Hall–Kier alpha value is -1.29. The van der Waals surface area contributed by atoms with Gasteiger partial charge in [-0.3, -0.25) is 4.79 Å². The van der Waals surface area contributed by atoms with Crippen LogP contribution >= 0.6 is 0 Å². The number of aryl methyl sites for hydroxylation is 1. The summed E-state index contributed by atoms with van der Waals surface area (Å²) >= 11 is 0. The molecule has 102 valence electrons. The zero-order chi connectivity index (χ0) is 13.8. The Morgan fingerprint density at radius 1 is 1.28 bits per heavy atom. The Morgan fingerprint density at radius 2 is 1.94 bits per heavy atom. The lowest BCUT2D eigenvalue weighted by Crippen LogP contribution is -2.28. The number of pyridine rings is 1. The van der Waals surface area contributed by atoms with E-state index in [1.54, 1.807) is 10.6 Å². The van der Waals surface area contributed by atoms with Gasteiger partial charge in [0.05, 0.1) is 5.69 Å². The highest BCUT2D eigenvalue weighted by Crippen LogP contribution is 2.12. The molecule has 4 heteroatoms. The lowest BCUT2D eigenvalue weighted by molar-refractivity contribution is 0.385. The molecule has 18 heavy (non-hydrogen) atoms. The van der Waals surface area contributed by atoms with E-state index < -0.39 is 0 Å². The molecule has 0 aliphatic heterocycles. The van der Waals surface area contributed by atoms with Crippen LogP contribution in [-0.2, 0) is 6.54 Å². The van der Waals surface area contributed by atoms with Crippen molar-refractivity contribution in [2.75, 3.05) is 26.0 Å². The summed E-state index contributed by atoms with van der Waals surface area (Å²) in [5.74, 6) is 0. The maximum Gasteiger partial charge on any atom is 0.250 e. The van der Waals surface area contributed by atoms with Gasteiger partial charge in [-0.1, -0.05) is 0 Å². The third-order valence-electron chi connectivity index (χ3n) is 2.51. The molecule has 0 amide bonds. The molecule has 1 N–H and O–H groups in total. The molecule has 1 aromatic rings. The van der Waals surface area contributed by atoms with Crippen molar-refractivity contribution >= 4 is 5.69 Å². The molecule has 1 heterocycles. The Kier molecular flexibility index (Phi) is 4.96. The van der Waals surface area contributed by atoms with Gasteiger partial charge in [-0.15, -0.1) is 0 Å². The van der Waals surface area contributed by atoms with Crippen molar-refractivity contribution in [1.29, 1.82) is 0 Å². The van der Waals surface area contributed by atoms with Crippen molar-refractivity contribution in [2.24, 2.45) is 0 Å². The molecule has 0 spiro atoms. The molecule has 0 aliphatic carbocycles. The average Bonchev–Trinajstić information content (AvgIpc) is 2.20. The zero-order valence-corrected chi connectivity index (χ0v) is 12.2. The van der Waals surface area contributed by atoms with Crippen LogP contribution in [0.1, 0.15) is 27.2 Å². The number of hydrogen-bond acceptors (Lipinski definition) is 3. The van der Waals surface area contributed by atoms with Crippen molar-refractivity contribution in [3.05, 3.63) is 28.7 Å². The van der Waals surface area contributed by atoms with Crippen molar-refractivity contribution in [3.8, 4) is 0 Å². The molecular formula is C14H25N3O. The van der Waals surface area contributed by atoms with E-state index in [1.807, 2.05) is 26.4 Å². The summed E-state index contributed by atoms with van der Waals surface area (Å²) in [5.41, 5.74) is 1.06. The summed E-state index contributed by atoms with van der Waals surface area (Å²) in [6, 6.07) is 3.47. The first kappa shape index (κ1) is 14.8. The summed E-state index contributed by atoms with van der Waals surface area (Å²) in [7, 11) is 4.08. The van der Waals surface area contributed by atoms with Gasteiger partial charge in [0, 0.05) is 24.3 Å². The van der Waals surface area contributed by atoms with Crippen LogP contribution in [0.3, 0.4) is 0 Å². The van der Waals surface area contributed by atoms with Gasteiger partial charge >= 0.3 is 0 Å². The van der Waals surface area contributed by atoms with Crippen molar-refractivity contribution in [3.63, 3.8) is 0 Å². The molecule has 0 unspecified atom stereocenters. The van der Waals surface area contributed by atoms with Crippen LogP contribution in [0.5, 0.6) is 0 Å². The van der Waals surface area contributed by atoms with Crippen molar-refractivity contribution in [2.45, 2.75) is 39.3 Å². The van der Waals surface area contributed by atoms with Gasteiger partial charge in [0.15, 0.2) is 0 Å².